The Morgan fingerprint density at radius 2 is 1.22 bits per heavy atom. The second-order valence-corrected chi connectivity index (χ2v) is 10.1. The zero-order valence-electron chi connectivity index (χ0n) is 26.2. The van der Waals surface area contributed by atoms with E-state index in [1.165, 1.54) is 43.5 Å². The number of phenols is 4. The van der Waals surface area contributed by atoms with Crippen LogP contribution in [0.2, 0.25) is 0 Å². The Morgan fingerprint density at radius 1 is 0.717 bits per heavy atom. The Morgan fingerprint density at radius 3 is 1.70 bits per heavy atom. The second-order valence-electron chi connectivity index (χ2n) is 10.1. The summed E-state index contributed by atoms with van der Waals surface area (Å²) in [5.41, 5.74) is 3.87. The predicted molar refractivity (Wildman–Crippen MR) is 180 cm³/mol. The van der Waals surface area contributed by atoms with E-state index in [2.05, 4.69) is 0 Å². The van der Waals surface area contributed by atoms with E-state index in [4.69, 9.17) is 9.47 Å². The number of ether oxygens (including phenoxy) is 2. The summed E-state index contributed by atoms with van der Waals surface area (Å²) >= 11 is 0. The van der Waals surface area contributed by atoms with Gasteiger partial charge < -0.3 is 29.9 Å². The van der Waals surface area contributed by atoms with Gasteiger partial charge in [-0.1, -0.05) is 12.2 Å². The number of carbonyl (C=O) groups is 2. The Hall–Kier alpha value is -5.76. The molecule has 0 heterocycles. The van der Waals surface area contributed by atoms with Crippen molar-refractivity contribution in [1.82, 2.24) is 0 Å². The summed E-state index contributed by atoms with van der Waals surface area (Å²) in [5.74, 6) is 1.22. The number of hydrogen-bond acceptors (Lipinski definition) is 8. The molecule has 0 aliphatic carbocycles. The van der Waals surface area contributed by atoms with E-state index in [9.17, 15) is 30.0 Å². The SMILES string of the molecule is CC=CCc1cc(C=CC(=O)c2ccc(O)cc2)c(OC)cc1O.CCOc1cc(O)c(C)cc1C=CC(=O)c1ccc(O)cc1. The van der Waals surface area contributed by atoms with E-state index in [0.29, 0.717) is 46.8 Å². The summed E-state index contributed by atoms with van der Waals surface area (Å²) in [6.45, 7) is 6.02. The van der Waals surface area contributed by atoms with Gasteiger partial charge in [0.1, 0.15) is 34.5 Å². The number of rotatable bonds is 11. The van der Waals surface area contributed by atoms with Crippen LogP contribution in [-0.2, 0) is 6.42 Å². The maximum Gasteiger partial charge on any atom is 0.185 e. The van der Waals surface area contributed by atoms with Gasteiger partial charge in [0.2, 0.25) is 0 Å². The van der Waals surface area contributed by atoms with E-state index < -0.39 is 0 Å². The zero-order chi connectivity index (χ0) is 33.6. The van der Waals surface area contributed by atoms with Crippen molar-refractivity contribution in [2.75, 3.05) is 13.7 Å². The minimum atomic E-state index is -0.180. The first kappa shape index (κ1) is 34.7. The smallest absolute Gasteiger partial charge is 0.185 e. The third-order valence-corrected chi connectivity index (χ3v) is 6.76. The molecule has 46 heavy (non-hydrogen) atoms. The Labute approximate surface area is 268 Å². The number of phenolic OH excluding ortho intramolecular Hbond substituents is 4. The molecule has 0 bridgehead atoms. The molecular weight excluding hydrogens is 584 g/mol. The summed E-state index contributed by atoms with van der Waals surface area (Å²) in [6.07, 6.45) is 10.7. The fraction of sp³-hybridized carbons (Fsp3) is 0.158. The standard InChI is InChI=1S/C20H20O4.C18H18O4/c1-3-4-5-15-12-16(20(24-2)13-19(15)23)8-11-18(22)14-6-9-17(21)10-7-14;1-3-22-18-11-17(21)12(2)10-14(18)6-9-16(20)13-4-7-15(19)8-5-13/h3-4,6-13,21,23H,5H2,1-2H3;4-11,19,21H,3H2,1-2H3. The number of ketones is 2. The first-order valence-corrected chi connectivity index (χ1v) is 14.6. The molecule has 8 heteroatoms. The van der Waals surface area contributed by atoms with Crippen LogP contribution in [0.15, 0.2) is 97.1 Å². The van der Waals surface area contributed by atoms with Gasteiger partial charge >= 0.3 is 0 Å². The molecule has 0 aliphatic heterocycles. The summed E-state index contributed by atoms with van der Waals surface area (Å²) in [7, 11) is 1.51. The molecule has 238 valence electrons. The highest BCUT2D eigenvalue weighted by Gasteiger charge is 2.10. The van der Waals surface area contributed by atoms with Gasteiger partial charge in [-0.25, -0.2) is 0 Å². The van der Waals surface area contributed by atoms with Gasteiger partial charge in [-0.05, 0) is 123 Å². The first-order chi connectivity index (χ1) is 22.1. The highest BCUT2D eigenvalue weighted by molar-refractivity contribution is 6.07. The molecule has 0 aromatic heterocycles. The molecule has 4 aromatic carbocycles. The largest absolute Gasteiger partial charge is 0.508 e. The lowest BCUT2D eigenvalue weighted by Crippen LogP contribution is -1.96. The van der Waals surface area contributed by atoms with Crippen LogP contribution in [0.4, 0.5) is 0 Å². The maximum absolute atomic E-state index is 12.2. The molecule has 0 fully saturated rings. The molecule has 0 unspecified atom stereocenters. The molecule has 0 spiro atoms. The molecular formula is C38H38O8. The van der Waals surface area contributed by atoms with E-state index in [1.54, 1.807) is 67.6 Å². The summed E-state index contributed by atoms with van der Waals surface area (Å²) in [6, 6.07) is 18.8. The van der Waals surface area contributed by atoms with Crippen LogP contribution in [0, 0.1) is 6.92 Å². The lowest BCUT2D eigenvalue weighted by atomic mass is 10.0. The van der Waals surface area contributed by atoms with Crippen molar-refractivity contribution >= 4 is 23.7 Å². The van der Waals surface area contributed by atoms with Gasteiger partial charge in [-0.3, -0.25) is 9.59 Å². The second kappa shape index (κ2) is 16.9. The molecule has 0 atom stereocenters. The Kier molecular flexibility index (Phi) is 12.8. The van der Waals surface area contributed by atoms with Crippen LogP contribution >= 0.6 is 0 Å². The Bertz CT molecular complexity index is 1730. The fourth-order valence-corrected chi connectivity index (χ4v) is 4.23. The topological polar surface area (TPSA) is 134 Å². The lowest BCUT2D eigenvalue weighted by Gasteiger charge is -2.09. The molecule has 0 radical (unpaired) electrons. The van der Waals surface area contributed by atoms with Crippen LogP contribution in [0.3, 0.4) is 0 Å². The highest BCUT2D eigenvalue weighted by Crippen LogP contribution is 2.31. The van der Waals surface area contributed by atoms with E-state index in [0.717, 1.165) is 11.1 Å². The Balaban J connectivity index is 0.000000251. The van der Waals surface area contributed by atoms with Gasteiger partial charge in [-0.15, -0.1) is 0 Å². The number of aromatic hydroxyl groups is 4. The first-order valence-electron chi connectivity index (χ1n) is 14.6. The van der Waals surface area contributed by atoms with Crippen LogP contribution in [-0.4, -0.2) is 45.7 Å². The number of allylic oxidation sites excluding steroid dienone is 4. The van der Waals surface area contributed by atoms with Gasteiger partial charge in [0.05, 0.1) is 13.7 Å². The average molecular weight is 623 g/mol. The van der Waals surface area contributed by atoms with E-state index in [1.807, 2.05) is 26.0 Å². The number of benzene rings is 4. The third kappa shape index (κ3) is 9.89. The predicted octanol–water partition coefficient (Wildman–Crippen LogP) is 7.82. The minimum Gasteiger partial charge on any atom is -0.508 e. The normalized spacial score (nSPS) is 11.0. The van der Waals surface area contributed by atoms with E-state index >= 15 is 0 Å². The monoisotopic (exact) mass is 622 g/mol. The van der Waals surface area contributed by atoms with Crippen LogP contribution in [0.5, 0.6) is 34.5 Å². The van der Waals surface area contributed by atoms with Gasteiger partial charge in [0.25, 0.3) is 0 Å². The van der Waals surface area contributed by atoms with Crippen molar-refractivity contribution in [3.8, 4) is 34.5 Å². The van der Waals surface area contributed by atoms with Crippen molar-refractivity contribution in [2.24, 2.45) is 0 Å². The van der Waals surface area contributed by atoms with Crippen molar-refractivity contribution in [2.45, 2.75) is 27.2 Å². The van der Waals surface area contributed by atoms with E-state index in [-0.39, 0.29) is 34.6 Å². The quantitative estimate of drug-likeness (QED) is 0.0756. The molecule has 8 nitrogen and oxygen atoms in total. The van der Waals surface area contributed by atoms with Gasteiger partial charge in [0, 0.05) is 34.4 Å². The number of aryl methyl sites for hydroxylation is 1. The van der Waals surface area contributed by atoms with Gasteiger partial charge in [-0.2, -0.15) is 0 Å². The number of hydrogen-bond donors (Lipinski definition) is 4. The molecule has 0 saturated carbocycles. The highest BCUT2D eigenvalue weighted by atomic mass is 16.5. The molecule has 0 amide bonds. The van der Waals surface area contributed by atoms with Crippen LogP contribution in [0.25, 0.3) is 12.2 Å². The molecule has 0 saturated heterocycles. The average Bonchev–Trinajstić information content (AvgIpc) is 3.05. The third-order valence-electron chi connectivity index (χ3n) is 6.76. The summed E-state index contributed by atoms with van der Waals surface area (Å²) in [5, 5.41) is 38.3. The zero-order valence-corrected chi connectivity index (χ0v) is 26.2. The van der Waals surface area contributed by atoms with Crippen molar-refractivity contribution < 1.29 is 39.5 Å². The molecule has 4 aromatic rings. The van der Waals surface area contributed by atoms with Gasteiger partial charge in [0.15, 0.2) is 11.6 Å². The van der Waals surface area contributed by atoms with Crippen molar-refractivity contribution in [3.63, 3.8) is 0 Å². The number of carbonyl (C=O) groups excluding carboxylic acids is 2. The fourth-order valence-electron chi connectivity index (χ4n) is 4.23. The summed E-state index contributed by atoms with van der Waals surface area (Å²) < 4.78 is 10.7. The molecule has 4 rings (SSSR count). The molecule has 0 aliphatic rings. The maximum atomic E-state index is 12.2. The minimum absolute atomic E-state index is 0.115. The van der Waals surface area contributed by atoms with Crippen LogP contribution < -0.4 is 9.47 Å². The summed E-state index contributed by atoms with van der Waals surface area (Å²) in [4.78, 5) is 24.3. The van der Waals surface area contributed by atoms with Crippen LogP contribution in [0.1, 0.15) is 56.8 Å². The number of methoxy groups -OCH3 is 1. The lowest BCUT2D eigenvalue weighted by molar-refractivity contribution is 0.103. The van der Waals surface area contributed by atoms with Crippen molar-refractivity contribution in [1.29, 1.82) is 0 Å². The molecule has 4 N–H and O–H groups in total. The van der Waals surface area contributed by atoms with Crippen molar-refractivity contribution in [3.05, 3.63) is 130 Å².